The second kappa shape index (κ2) is 14.1. The van der Waals surface area contributed by atoms with Crippen molar-refractivity contribution in [3.63, 3.8) is 0 Å². The maximum Gasteiger partial charge on any atom is 0.416 e. The number of nitrogens with one attached hydrogen (secondary N) is 1. The molecule has 1 aliphatic heterocycles. The van der Waals surface area contributed by atoms with Crippen LogP contribution >= 0.6 is 0 Å². The van der Waals surface area contributed by atoms with Gasteiger partial charge in [0.05, 0.1) is 5.56 Å². The molecule has 202 valence electrons. The first kappa shape index (κ1) is 28.6. The van der Waals surface area contributed by atoms with Crippen LogP contribution in [0.5, 0.6) is 0 Å². The van der Waals surface area contributed by atoms with Gasteiger partial charge in [-0.1, -0.05) is 37.1 Å². The first-order chi connectivity index (χ1) is 17.7. The smallest absolute Gasteiger partial charge is 0.329 e. The zero-order chi connectivity index (χ0) is 26.7. The second-order valence-electron chi connectivity index (χ2n) is 9.82. The fraction of sp³-hybridized carbons (Fsp3) is 0.483. The van der Waals surface area contributed by atoms with Crippen LogP contribution in [0.2, 0.25) is 0 Å². The molecular weight excluding hydrogens is 477 g/mol. The number of benzene rings is 1. The number of halogens is 3. The average molecular weight is 517 g/mol. The minimum Gasteiger partial charge on any atom is -0.329 e. The van der Waals surface area contributed by atoms with Gasteiger partial charge in [0.1, 0.15) is 6.33 Å². The Morgan fingerprint density at radius 1 is 1.00 bits per heavy atom. The summed E-state index contributed by atoms with van der Waals surface area (Å²) in [6.45, 7) is 6.19. The lowest BCUT2D eigenvalue weighted by Gasteiger charge is -2.39. The number of aromatic nitrogens is 3. The van der Waals surface area contributed by atoms with Gasteiger partial charge in [0, 0.05) is 31.6 Å². The molecule has 1 saturated heterocycles. The van der Waals surface area contributed by atoms with E-state index < -0.39 is 11.7 Å². The highest BCUT2D eigenvalue weighted by atomic mass is 19.4. The highest BCUT2D eigenvalue weighted by Gasteiger charge is 2.32. The molecule has 0 radical (unpaired) electrons. The maximum atomic E-state index is 12.9. The van der Waals surface area contributed by atoms with Crippen LogP contribution in [0.15, 0.2) is 66.0 Å². The molecule has 1 N–H and O–H groups in total. The van der Waals surface area contributed by atoms with Gasteiger partial charge in [-0.2, -0.15) is 13.2 Å². The van der Waals surface area contributed by atoms with Crippen molar-refractivity contribution in [2.24, 2.45) is 0 Å². The van der Waals surface area contributed by atoms with Crippen molar-refractivity contribution in [1.29, 1.82) is 0 Å². The Balaban J connectivity index is 0.000000259. The van der Waals surface area contributed by atoms with Gasteiger partial charge in [0.2, 0.25) is 5.56 Å². The van der Waals surface area contributed by atoms with Gasteiger partial charge in [0.15, 0.2) is 0 Å². The summed E-state index contributed by atoms with van der Waals surface area (Å²) in [5, 5.41) is 0. The number of likely N-dealkylation sites (tertiary alicyclic amines) is 1. The molecule has 2 atom stereocenters. The number of rotatable bonds is 2. The van der Waals surface area contributed by atoms with Crippen molar-refractivity contribution in [3.05, 3.63) is 93.9 Å². The van der Waals surface area contributed by atoms with Gasteiger partial charge in [-0.3, -0.25) is 4.79 Å². The summed E-state index contributed by atoms with van der Waals surface area (Å²) >= 11 is 0. The van der Waals surface area contributed by atoms with Crippen LogP contribution in [0.4, 0.5) is 13.2 Å². The summed E-state index contributed by atoms with van der Waals surface area (Å²) in [6, 6.07) is 11.7. The molecule has 1 aliphatic carbocycles. The molecule has 5 nitrogen and oxygen atoms in total. The lowest BCUT2D eigenvalue weighted by molar-refractivity contribution is -0.137. The predicted molar refractivity (Wildman–Crippen MR) is 143 cm³/mol. The van der Waals surface area contributed by atoms with Crippen LogP contribution in [0.25, 0.3) is 0 Å². The fourth-order valence-electron chi connectivity index (χ4n) is 4.90. The minimum absolute atomic E-state index is 0. The summed E-state index contributed by atoms with van der Waals surface area (Å²) in [4.78, 5) is 23.1. The number of hydrogen-bond acceptors (Lipinski definition) is 4. The van der Waals surface area contributed by atoms with Crippen molar-refractivity contribution < 1.29 is 14.6 Å². The summed E-state index contributed by atoms with van der Waals surface area (Å²) in [6.07, 6.45) is 8.93. The Bertz CT molecular complexity index is 1110. The number of hydrogen-bond donors (Lipinski definition) is 1. The molecule has 2 aliphatic rings. The maximum absolute atomic E-state index is 12.9. The van der Waals surface area contributed by atoms with Gasteiger partial charge < -0.3 is 9.88 Å². The van der Waals surface area contributed by atoms with E-state index in [1.54, 1.807) is 24.5 Å². The van der Waals surface area contributed by atoms with Crippen LogP contribution in [0.1, 0.15) is 74.7 Å². The summed E-state index contributed by atoms with van der Waals surface area (Å²) < 4.78 is 38.7. The summed E-state index contributed by atoms with van der Waals surface area (Å²) in [7, 11) is 0. The normalized spacial score (nSPS) is 20.1. The molecule has 2 fully saturated rings. The monoisotopic (exact) mass is 516 g/mol. The molecule has 3 aromatic rings. The SMILES string of the molecule is Cc1ccc(=O)[nH]c1.Cc1ccncn1.FC(F)(F)c1cccc([C@H]2CCC[C@@H](N3CCCCC3)C2)c1.[HH]. The zero-order valence-corrected chi connectivity index (χ0v) is 21.7. The van der Waals surface area contributed by atoms with E-state index in [9.17, 15) is 18.0 Å². The number of H-pyrrole nitrogens is 1. The molecule has 8 heteroatoms. The molecule has 0 amide bonds. The Labute approximate surface area is 218 Å². The lowest BCUT2D eigenvalue weighted by Crippen LogP contribution is -2.41. The van der Waals surface area contributed by atoms with E-state index >= 15 is 0 Å². The van der Waals surface area contributed by atoms with E-state index in [2.05, 4.69) is 19.9 Å². The summed E-state index contributed by atoms with van der Waals surface area (Å²) in [5.74, 6) is 0.281. The molecule has 2 aromatic heterocycles. The fourth-order valence-corrected chi connectivity index (χ4v) is 4.90. The number of nitrogens with zero attached hydrogens (tertiary/aromatic N) is 3. The van der Waals surface area contributed by atoms with Crippen LogP contribution < -0.4 is 5.56 Å². The molecule has 1 saturated carbocycles. The Morgan fingerprint density at radius 3 is 2.35 bits per heavy atom. The lowest BCUT2D eigenvalue weighted by atomic mass is 9.80. The van der Waals surface area contributed by atoms with Crippen LogP contribution in [0.3, 0.4) is 0 Å². The van der Waals surface area contributed by atoms with Crippen molar-refractivity contribution in [3.8, 4) is 0 Å². The quantitative estimate of drug-likeness (QED) is 0.401. The van der Waals surface area contributed by atoms with Crippen molar-refractivity contribution in [2.75, 3.05) is 13.1 Å². The summed E-state index contributed by atoms with van der Waals surface area (Å²) in [5.41, 5.74) is 2.40. The standard InChI is InChI=1S/C18H24F3N.C6H7NO.C5H6N2.H2/c19-18(20,21)16-8-4-6-14(12-16)15-7-5-9-17(13-15)22-10-2-1-3-11-22;1-5-2-3-6(8)7-4-5;1-5-2-3-6-4-7-5;/h4,6,8,12,15,17H,1-3,5,7,9-11,13H2;2-4H,1H3,(H,7,8);2-4H,1H3;1H/t15-,17+;;;/m0.../s1. The number of alkyl halides is 3. The Morgan fingerprint density at radius 2 is 1.78 bits per heavy atom. The third kappa shape index (κ3) is 9.76. The minimum atomic E-state index is -4.24. The van der Waals surface area contributed by atoms with Gasteiger partial charge >= 0.3 is 6.18 Å². The highest BCUT2D eigenvalue weighted by molar-refractivity contribution is 5.28. The molecule has 1 aromatic carbocycles. The van der Waals surface area contributed by atoms with Gasteiger partial charge in [-0.05, 0) is 88.2 Å². The van der Waals surface area contributed by atoms with E-state index in [-0.39, 0.29) is 12.9 Å². The Kier molecular flexibility index (Phi) is 10.9. The molecule has 5 rings (SSSR count). The zero-order valence-electron chi connectivity index (χ0n) is 21.7. The van der Waals surface area contributed by atoms with E-state index in [0.717, 1.165) is 36.1 Å². The number of aryl methyl sites for hydroxylation is 2. The third-order valence-electron chi connectivity index (χ3n) is 6.91. The molecule has 37 heavy (non-hydrogen) atoms. The van der Waals surface area contributed by atoms with Crippen LogP contribution in [-0.4, -0.2) is 39.0 Å². The first-order valence-electron chi connectivity index (χ1n) is 13.0. The molecule has 3 heterocycles. The van der Waals surface area contributed by atoms with E-state index in [1.807, 2.05) is 26.0 Å². The van der Waals surface area contributed by atoms with Crippen LogP contribution in [0, 0.1) is 13.8 Å². The molecule has 0 bridgehead atoms. The molecule has 0 unspecified atom stereocenters. The van der Waals surface area contributed by atoms with E-state index in [0.29, 0.717) is 6.04 Å². The van der Waals surface area contributed by atoms with Crippen molar-refractivity contribution >= 4 is 0 Å². The van der Waals surface area contributed by atoms with Crippen molar-refractivity contribution in [1.82, 2.24) is 19.9 Å². The molecular formula is C29H39F3N4O. The number of piperidine rings is 1. The van der Waals surface area contributed by atoms with Gasteiger partial charge in [-0.15, -0.1) is 0 Å². The van der Waals surface area contributed by atoms with Crippen molar-refractivity contribution in [2.45, 2.75) is 76.9 Å². The second-order valence-corrected chi connectivity index (χ2v) is 9.82. The van der Waals surface area contributed by atoms with Crippen LogP contribution in [-0.2, 0) is 6.18 Å². The topological polar surface area (TPSA) is 61.9 Å². The largest absolute Gasteiger partial charge is 0.416 e. The average Bonchev–Trinajstić information content (AvgIpc) is 2.92. The van der Waals surface area contributed by atoms with Gasteiger partial charge in [0.25, 0.3) is 0 Å². The predicted octanol–water partition coefficient (Wildman–Crippen LogP) is 6.93. The van der Waals surface area contributed by atoms with E-state index in [4.69, 9.17) is 0 Å². The number of pyridine rings is 1. The Hall–Kier alpha value is -3.00. The molecule has 0 spiro atoms. The first-order valence-corrected chi connectivity index (χ1v) is 13.0. The number of aromatic amines is 1. The highest BCUT2D eigenvalue weighted by Crippen LogP contribution is 2.38. The third-order valence-corrected chi connectivity index (χ3v) is 6.91. The van der Waals surface area contributed by atoms with E-state index in [1.165, 1.54) is 63.3 Å². The van der Waals surface area contributed by atoms with Gasteiger partial charge in [-0.25, -0.2) is 9.97 Å².